The molecule has 3 rings (SSSR count). The first kappa shape index (κ1) is 22.5. The van der Waals surface area contributed by atoms with E-state index >= 15 is 0 Å². The number of carbonyl (C=O) groups excluding carboxylic acids is 2. The summed E-state index contributed by atoms with van der Waals surface area (Å²) >= 11 is 5.94. The molecule has 3 aromatic rings. The zero-order chi connectivity index (χ0) is 22.4. The van der Waals surface area contributed by atoms with Gasteiger partial charge in [0.2, 0.25) is 5.91 Å². The number of hydrogen-bond acceptors (Lipinski definition) is 4. The number of benzene rings is 2. The van der Waals surface area contributed by atoms with Crippen LogP contribution < -0.4 is 16.4 Å². The maximum Gasteiger partial charge on any atom is 0.255 e. The van der Waals surface area contributed by atoms with E-state index < -0.39 is 11.5 Å². The number of nitrogens with zero attached hydrogens (tertiary/aromatic N) is 1. The molecule has 0 fully saturated rings. The third-order valence-electron chi connectivity index (χ3n) is 5.16. The van der Waals surface area contributed by atoms with Crippen molar-refractivity contribution in [1.29, 1.82) is 0 Å². The lowest BCUT2D eigenvalue weighted by molar-refractivity contribution is -0.125. The first-order valence-corrected chi connectivity index (χ1v) is 10.3. The smallest absolute Gasteiger partial charge is 0.255 e. The first-order valence-electron chi connectivity index (χ1n) is 9.88. The molecule has 1 atom stereocenters. The first-order chi connectivity index (χ1) is 14.8. The van der Waals surface area contributed by atoms with Gasteiger partial charge >= 0.3 is 0 Å². The van der Waals surface area contributed by atoms with E-state index in [4.69, 9.17) is 17.3 Å². The van der Waals surface area contributed by atoms with Gasteiger partial charge in [0.05, 0.1) is 5.41 Å². The largest absolute Gasteiger partial charge is 0.353 e. The summed E-state index contributed by atoms with van der Waals surface area (Å²) in [7, 11) is 0. The molecule has 0 aliphatic heterocycles. The minimum Gasteiger partial charge on any atom is -0.353 e. The van der Waals surface area contributed by atoms with Crippen molar-refractivity contribution in [2.75, 3.05) is 11.9 Å². The van der Waals surface area contributed by atoms with Gasteiger partial charge in [0, 0.05) is 41.3 Å². The maximum atomic E-state index is 12.7. The Kier molecular flexibility index (Phi) is 7.05. The molecule has 160 valence electrons. The van der Waals surface area contributed by atoms with Crippen LogP contribution in [0.1, 0.15) is 41.4 Å². The normalized spacial score (nSPS) is 12.1. The highest BCUT2D eigenvalue weighted by atomic mass is 35.5. The van der Waals surface area contributed by atoms with Gasteiger partial charge in [0.15, 0.2) is 0 Å². The zero-order valence-electron chi connectivity index (χ0n) is 17.4. The van der Waals surface area contributed by atoms with Crippen molar-refractivity contribution in [2.24, 2.45) is 5.73 Å². The van der Waals surface area contributed by atoms with Crippen LogP contribution in [0.15, 0.2) is 73.1 Å². The molecule has 1 heterocycles. The number of nitrogens with one attached hydrogen (secondary N) is 2. The van der Waals surface area contributed by atoms with E-state index in [2.05, 4.69) is 15.6 Å². The van der Waals surface area contributed by atoms with E-state index in [1.165, 1.54) is 0 Å². The van der Waals surface area contributed by atoms with E-state index in [1.807, 2.05) is 26.0 Å². The van der Waals surface area contributed by atoms with Gasteiger partial charge in [-0.3, -0.25) is 14.6 Å². The quantitative estimate of drug-likeness (QED) is 0.519. The van der Waals surface area contributed by atoms with Crippen LogP contribution in [0.2, 0.25) is 5.02 Å². The SMILES string of the molecule is CC(C)(C(=O)NCC(N)c1ccc(C(=O)Nc2ccncc2)cc1)c1ccc(Cl)cc1. The fourth-order valence-electron chi connectivity index (χ4n) is 3.06. The summed E-state index contributed by atoms with van der Waals surface area (Å²) in [5.74, 6) is -0.344. The second-order valence-corrected chi connectivity index (χ2v) is 8.20. The summed E-state index contributed by atoms with van der Waals surface area (Å²) in [5, 5.41) is 6.35. The van der Waals surface area contributed by atoms with Crippen LogP contribution in [0.25, 0.3) is 0 Å². The van der Waals surface area contributed by atoms with Gasteiger partial charge in [-0.05, 0) is 61.4 Å². The molecule has 2 aromatic carbocycles. The molecule has 31 heavy (non-hydrogen) atoms. The Morgan fingerprint density at radius 2 is 1.61 bits per heavy atom. The number of halogens is 1. The topological polar surface area (TPSA) is 97.1 Å². The van der Waals surface area contributed by atoms with Crippen LogP contribution >= 0.6 is 11.6 Å². The van der Waals surface area contributed by atoms with Gasteiger partial charge < -0.3 is 16.4 Å². The molecular weight excluding hydrogens is 412 g/mol. The van der Waals surface area contributed by atoms with Gasteiger partial charge in [-0.15, -0.1) is 0 Å². The lowest BCUT2D eigenvalue weighted by Gasteiger charge is -2.25. The minimum atomic E-state index is -0.723. The molecule has 6 nitrogen and oxygen atoms in total. The zero-order valence-corrected chi connectivity index (χ0v) is 18.2. The highest BCUT2D eigenvalue weighted by Crippen LogP contribution is 2.25. The van der Waals surface area contributed by atoms with E-state index in [0.29, 0.717) is 16.3 Å². The Labute approximate surface area is 186 Å². The molecule has 1 aromatic heterocycles. The molecule has 0 radical (unpaired) electrons. The highest BCUT2D eigenvalue weighted by Gasteiger charge is 2.29. The molecule has 0 saturated heterocycles. The molecule has 0 saturated carbocycles. The van der Waals surface area contributed by atoms with E-state index in [0.717, 1.165) is 11.1 Å². The summed E-state index contributed by atoms with van der Waals surface area (Å²) in [6.07, 6.45) is 3.22. The van der Waals surface area contributed by atoms with Crippen LogP contribution in [-0.4, -0.2) is 23.3 Å². The number of anilines is 1. The van der Waals surface area contributed by atoms with Gasteiger partial charge in [-0.1, -0.05) is 35.9 Å². The minimum absolute atomic E-state index is 0.126. The van der Waals surface area contributed by atoms with Crippen LogP contribution in [-0.2, 0) is 10.2 Å². The van der Waals surface area contributed by atoms with Crippen molar-refractivity contribution in [2.45, 2.75) is 25.3 Å². The molecule has 0 spiro atoms. The second-order valence-electron chi connectivity index (χ2n) is 7.76. The summed E-state index contributed by atoms with van der Waals surface area (Å²) in [4.78, 5) is 29.0. The molecule has 0 bridgehead atoms. The lowest BCUT2D eigenvalue weighted by Crippen LogP contribution is -2.42. The number of aromatic nitrogens is 1. The highest BCUT2D eigenvalue weighted by molar-refractivity contribution is 6.30. The Bertz CT molecular complexity index is 1040. The average Bonchev–Trinajstić information content (AvgIpc) is 2.78. The number of nitrogens with two attached hydrogens (primary N) is 1. The molecular formula is C24H25ClN4O2. The molecule has 0 aliphatic rings. The Morgan fingerprint density at radius 3 is 2.23 bits per heavy atom. The Hall–Kier alpha value is -3.22. The van der Waals surface area contributed by atoms with E-state index in [1.54, 1.807) is 60.9 Å². The molecule has 4 N–H and O–H groups in total. The van der Waals surface area contributed by atoms with Crippen molar-refractivity contribution in [1.82, 2.24) is 10.3 Å². The number of rotatable bonds is 7. The van der Waals surface area contributed by atoms with E-state index in [-0.39, 0.29) is 18.4 Å². The van der Waals surface area contributed by atoms with E-state index in [9.17, 15) is 9.59 Å². The monoisotopic (exact) mass is 436 g/mol. The van der Waals surface area contributed by atoms with Crippen molar-refractivity contribution < 1.29 is 9.59 Å². The van der Waals surface area contributed by atoms with Crippen molar-refractivity contribution in [3.63, 3.8) is 0 Å². The summed E-state index contributed by atoms with van der Waals surface area (Å²) in [6.45, 7) is 3.99. The van der Waals surface area contributed by atoms with Gasteiger partial charge in [0.25, 0.3) is 5.91 Å². The molecule has 7 heteroatoms. The number of amides is 2. The predicted molar refractivity (Wildman–Crippen MR) is 123 cm³/mol. The fraction of sp³-hybridized carbons (Fsp3) is 0.208. The Morgan fingerprint density at radius 1 is 1.00 bits per heavy atom. The third-order valence-corrected chi connectivity index (χ3v) is 5.41. The van der Waals surface area contributed by atoms with Crippen molar-refractivity contribution in [3.05, 3.63) is 94.8 Å². The maximum absolute atomic E-state index is 12.7. The van der Waals surface area contributed by atoms with Crippen LogP contribution in [0.5, 0.6) is 0 Å². The van der Waals surface area contributed by atoms with Crippen molar-refractivity contribution in [3.8, 4) is 0 Å². The number of hydrogen-bond donors (Lipinski definition) is 3. The standard InChI is InChI=1S/C24H25ClN4O2/c1-24(2,18-7-9-19(25)10-8-18)23(31)28-15-21(26)16-3-5-17(6-4-16)22(30)29-20-11-13-27-14-12-20/h3-14,21H,15,26H2,1-2H3,(H,28,31)(H,27,29,30). The predicted octanol–water partition coefficient (Wildman–Crippen LogP) is 4.08. The van der Waals surface area contributed by atoms with Gasteiger partial charge in [-0.25, -0.2) is 0 Å². The Balaban J connectivity index is 1.57. The second kappa shape index (κ2) is 9.73. The third kappa shape index (κ3) is 5.69. The van der Waals surface area contributed by atoms with Gasteiger partial charge in [-0.2, -0.15) is 0 Å². The van der Waals surface area contributed by atoms with Gasteiger partial charge in [0.1, 0.15) is 0 Å². The van der Waals surface area contributed by atoms with Crippen LogP contribution in [0, 0.1) is 0 Å². The average molecular weight is 437 g/mol. The number of pyridine rings is 1. The van der Waals surface area contributed by atoms with Crippen LogP contribution in [0.4, 0.5) is 5.69 Å². The fourth-order valence-corrected chi connectivity index (χ4v) is 3.19. The lowest BCUT2D eigenvalue weighted by atomic mass is 9.83. The van der Waals surface area contributed by atoms with Crippen LogP contribution in [0.3, 0.4) is 0 Å². The molecule has 0 aliphatic carbocycles. The number of carbonyl (C=O) groups is 2. The summed E-state index contributed by atoms with van der Waals surface area (Å²) in [6, 6.07) is 17.3. The molecule has 1 unspecified atom stereocenters. The summed E-state index contributed by atoms with van der Waals surface area (Å²) < 4.78 is 0. The molecule has 2 amide bonds. The summed E-state index contributed by atoms with van der Waals surface area (Å²) in [5.41, 5.74) is 8.41. The van der Waals surface area contributed by atoms with Crippen molar-refractivity contribution >= 4 is 29.1 Å².